The molecule has 1 N–H and O–H groups in total. The van der Waals surface area contributed by atoms with Crippen LogP contribution in [0.3, 0.4) is 0 Å². The number of carbonyl (C=O) groups excluding carboxylic acids is 2. The SMILES string of the molecule is CCN(CC(=O)NC(C)C)C(=O)c1cc(SC)ccc1Cl. The van der Waals surface area contributed by atoms with Crippen molar-refractivity contribution in [3.63, 3.8) is 0 Å². The Morgan fingerprint density at radius 3 is 2.57 bits per heavy atom. The fraction of sp³-hybridized carbons (Fsp3) is 0.467. The summed E-state index contributed by atoms with van der Waals surface area (Å²) in [5.41, 5.74) is 0.433. The lowest BCUT2D eigenvalue weighted by Crippen LogP contribution is -2.42. The summed E-state index contributed by atoms with van der Waals surface area (Å²) in [5.74, 6) is -0.394. The van der Waals surface area contributed by atoms with E-state index in [1.165, 1.54) is 4.90 Å². The van der Waals surface area contributed by atoms with E-state index in [2.05, 4.69) is 5.32 Å². The number of benzene rings is 1. The summed E-state index contributed by atoms with van der Waals surface area (Å²) in [6, 6.07) is 5.39. The van der Waals surface area contributed by atoms with Crippen LogP contribution in [0.5, 0.6) is 0 Å². The fourth-order valence-electron chi connectivity index (χ4n) is 1.83. The standard InChI is InChI=1S/C15H21ClN2O2S/c1-5-18(9-14(19)17-10(2)3)15(20)12-8-11(21-4)6-7-13(12)16/h6-8,10H,5,9H2,1-4H3,(H,17,19). The lowest BCUT2D eigenvalue weighted by molar-refractivity contribution is -0.122. The number of rotatable bonds is 6. The molecule has 0 unspecified atom stereocenters. The van der Waals surface area contributed by atoms with Crippen molar-refractivity contribution in [3.8, 4) is 0 Å². The van der Waals surface area contributed by atoms with Crippen LogP contribution in [-0.4, -0.2) is 42.1 Å². The van der Waals surface area contributed by atoms with Gasteiger partial charge in [-0.2, -0.15) is 0 Å². The first kappa shape index (κ1) is 17.9. The van der Waals surface area contributed by atoms with E-state index in [1.54, 1.807) is 23.9 Å². The minimum atomic E-state index is -0.225. The Hall–Kier alpha value is -1.20. The predicted molar refractivity (Wildman–Crippen MR) is 88.1 cm³/mol. The molecule has 0 aliphatic heterocycles. The molecule has 4 nitrogen and oxygen atoms in total. The van der Waals surface area contributed by atoms with Crippen molar-refractivity contribution in [1.29, 1.82) is 0 Å². The van der Waals surface area contributed by atoms with Crippen molar-refractivity contribution in [1.82, 2.24) is 10.2 Å². The third-order valence-electron chi connectivity index (χ3n) is 2.86. The molecule has 0 saturated heterocycles. The molecule has 21 heavy (non-hydrogen) atoms. The van der Waals surface area contributed by atoms with Gasteiger partial charge in [0, 0.05) is 17.5 Å². The third-order valence-corrected chi connectivity index (χ3v) is 3.91. The van der Waals surface area contributed by atoms with Crippen LogP contribution in [0, 0.1) is 0 Å². The van der Waals surface area contributed by atoms with Crippen molar-refractivity contribution < 1.29 is 9.59 Å². The molecule has 0 spiro atoms. The molecule has 0 aliphatic rings. The maximum atomic E-state index is 12.5. The molecule has 0 aromatic heterocycles. The minimum Gasteiger partial charge on any atom is -0.352 e. The van der Waals surface area contributed by atoms with Crippen LogP contribution in [-0.2, 0) is 4.79 Å². The van der Waals surface area contributed by atoms with E-state index < -0.39 is 0 Å². The number of carbonyl (C=O) groups is 2. The summed E-state index contributed by atoms with van der Waals surface area (Å²) in [6.45, 7) is 6.09. The number of thioether (sulfide) groups is 1. The maximum absolute atomic E-state index is 12.5. The summed E-state index contributed by atoms with van der Waals surface area (Å²) in [5, 5.41) is 3.18. The van der Waals surface area contributed by atoms with Gasteiger partial charge < -0.3 is 10.2 Å². The van der Waals surface area contributed by atoms with Crippen LogP contribution in [0.1, 0.15) is 31.1 Å². The van der Waals surface area contributed by atoms with Crippen LogP contribution in [0.15, 0.2) is 23.1 Å². The number of hydrogen-bond acceptors (Lipinski definition) is 3. The average molecular weight is 329 g/mol. The Bertz CT molecular complexity index is 520. The van der Waals surface area contributed by atoms with E-state index in [4.69, 9.17) is 11.6 Å². The maximum Gasteiger partial charge on any atom is 0.255 e. The van der Waals surface area contributed by atoms with Gasteiger partial charge in [-0.3, -0.25) is 9.59 Å². The van der Waals surface area contributed by atoms with Crippen LogP contribution < -0.4 is 5.32 Å². The first-order valence-electron chi connectivity index (χ1n) is 6.81. The van der Waals surface area contributed by atoms with E-state index in [0.29, 0.717) is 17.1 Å². The number of amides is 2. The Labute approximate surface area is 135 Å². The third kappa shape index (κ3) is 5.25. The van der Waals surface area contributed by atoms with E-state index in [0.717, 1.165) is 4.90 Å². The highest BCUT2D eigenvalue weighted by atomic mass is 35.5. The molecular weight excluding hydrogens is 308 g/mol. The van der Waals surface area contributed by atoms with E-state index in [-0.39, 0.29) is 24.4 Å². The lowest BCUT2D eigenvalue weighted by atomic mass is 10.2. The Morgan fingerprint density at radius 1 is 1.38 bits per heavy atom. The zero-order valence-electron chi connectivity index (χ0n) is 12.8. The van der Waals surface area contributed by atoms with E-state index in [9.17, 15) is 9.59 Å². The van der Waals surface area contributed by atoms with Crippen molar-refractivity contribution in [2.75, 3.05) is 19.3 Å². The molecular formula is C15H21ClN2O2S. The van der Waals surface area contributed by atoms with Crippen molar-refractivity contribution in [3.05, 3.63) is 28.8 Å². The van der Waals surface area contributed by atoms with Gasteiger partial charge in [-0.05, 0) is 45.2 Å². The topological polar surface area (TPSA) is 49.4 Å². The smallest absolute Gasteiger partial charge is 0.255 e. The van der Waals surface area contributed by atoms with Crippen LogP contribution >= 0.6 is 23.4 Å². The first-order chi connectivity index (χ1) is 9.88. The van der Waals surface area contributed by atoms with E-state index in [1.807, 2.05) is 33.1 Å². The highest BCUT2D eigenvalue weighted by Crippen LogP contribution is 2.24. The van der Waals surface area contributed by atoms with Gasteiger partial charge >= 0.3 is 0 Å². The zero-order chi connectivity index (χ0) is 16.0. The molecule has 2 amide bonds. The van der Waals surface area contributed by atoms with Crippen molar-refractivity contribution in [2.45, 2.75) is 31.7 Å². The second-order valence-corrected chi connectivity index (χ2v) is 6.17. The highest BCUT2D eigenvalue weighted by Gasteiger charge is 2.20. The van der Waals surface area contributed by atoms with Crippen LogP contribution in [0.4, 0.5) is 0 Å². The number of nitrogens with zero attached hydrogens (tertiary/aromatic N) is 1. The van der Waals surface area contributed by atoms with Gasteiger partial charge in [-0.1, -0.05) is 11.6 Å². The molecule has 0 saturated carbocycles. The quantitative estimate of drug-likeness (QED) is 0.816. The molecule has 0 atom stereocenters. The van der Waals surface area contributed by atoms with Crippen LogP contribution in [0.25, 0.3) is 0 Å². The van der Waals surface area contributed by atoms with Crippen molar-refractivity contribution >= 4 is 35.2 Å². The lowest BCUT2D eigenvalue weighted by Gasteiger charge is -2.22. The molecule has 1 aromatic rings. The zero-order valence-corrected chi connectivity index (χ0v) is 14.3. The van der Waals surface area contributed by atoms with Gasteiger partial charge in [0.1, 0.15) is 0 Å². The fourth-order valence-corrected chi connectivity index (χ4v) is 2.47. The normalized spacial score (nSPS) is 10.6. The summed E-state index contributed by atoms with van der Waals surface area (Å²) in [6.07, 6.45) is 1.94. The first-order valence-corrected chi connectivity index (χ1v) is 8.41. The number of hydrogen-bond donors (Lipinski definition) is 1. The molecule has 0 aliphatic carbocycles. The molecule has 0 heterocycles. The van der Waals surface area contributed by atoms with Gasteiger partial charge in [-0.15, -0.1) is 11.8 Å². The summed E-state index contributed by atoms with van der Waals surface area (Å²) >= 11 is 7.65. The Kier molecular flexibility index (Phi) is 7.05. The monoisotopic (exact) mass is 328 g/mol. The van der Waals surface area contributed by atoms with Gasteiger partial charge in [0.2, 0.25) is 5.91 Å². The van der Waals surface area contributed by atoms with E-state index >= 15 is 0 Å². The molecule has 116 valence electrons. The second kappa shape index (κ2) is 8.29. The molecule has 1 aromatic carbocycles. The molecule has 6 heteroatoms. The molecule has 0 radical (unpaired) electrons. The van der Waals surface area contributed by atoms with Gasteiger partial charge in [-0.25, -0.2) is 0 Å². The number of likely N-dealkylation sites (N-methyl/N-ethyl adjacent to an activating group) is 1. The summed E-state index contributed by atoms with van der Waals surface area (Å²) in [7, 11) is 0. The largest absolute Gasteiger partial charge is 0.352 e. The Morgan fingerprint density at radius 2 is 2.05 bits per heavy atom. The molecule has 0 bridgehead atoms. The molecule has 0 fully saturated rings. The predicted octanol–water partition coefficient (Wildman–Crippen LogP) is 3.05. The Balaban J connectivity index is 2.90. The van der Waals surface area contributed by atoms with Crippen molar-refractivity contribution in [2.24, 2.45) is 0 Å². The summed E-state index contributed by atoms with van der Waals surface area (Å²) in [4.78, 5) is 26.8. The van der Waals surface area contributed by atoms with Crippen LogP contribution in [0.2, 0.25) is 5.02 Å². The number of halogens is 1. The second-order valence-electron chi connectivity index (χ2n) is 4.89. The minimum absolute atomic E-state index is 0.0351. The van der Waals surface area contributed by atoms with Gasteiger partial charge in [0.15, 0.2) is 0 Å². The van der Waals surface area contributed by atoms with Gasteiger partial charge in [0.05, 0.1) is 17.1 Å². The highest BCUT2D eigenvalue weighted by molar-refractivity contribution is 7.98. The number of nitrogens with one attached hydrogen (secondary N) is 1. The summed E-state index contributed by atoms with van der Waals surface area (Å²) < 4.78 is 0. The van der Waals surface area contributed by atoms with Gasteiger partial charge in [0.25, 0.3) is 5.91 Å². The average Bonchev–Trinajstić information content (AvgIpc) is 2.43. The molecule has 1 rings (SSSR count).